The Labute approximate surface area is 685 Å². The predicted molar refractivity (Wildman–Crippen MR) is 441 cm³/mol. The smallest absolute Gasteiger partial charge is 0.291 e. The van der Waals surface area contributed by atoms with E-state index in [0.29, 0.717) is 76.8 Å². The highest BCUT2D eigenvalue weighted by Crippen LogP contribution is 2.41. The quantitative estimate of drug-likeness (QED) is 0.0185. The molecule has 7 aromatic heterocycles. The minimum absolute atomic E-state index is 0.00116. The molecule has 35 nitrogen and oxygen atoms in total. The molecule has 0 bridgehead atoms. The van der Waals surface area contributed by atoms with Gasteiger partial charge >= 0.3 is 0 Å². The van der Waals surface area contributed by atoms with Crippen molar-refractivity contribution in [2.75, 3.05) is 113 Å². The zero-order valence-corrected chi connectivity index (χ0v) is 68.2. The van der Waals surface area contributed by atoms with Gasteiger partial charge in [0.15, 0.2) is 17.5 Å². The topological polar surface area (TPSA) is 417 Å². The fourth-order valence-electron chi connectivity index (χ4n) is 13.7. The van der Waals surface area contributed by atoms with E-state index >= 15 is 0 Å². The SMILES string of the molecule is Cc1cc(F)cc(C)c1Oc1ccc(C(C)(C)O)cc1-c1cn(C)c(=O)c2[nH]c(C(=O)NC3CCN(CC#CC#CC4CCN(CCOCCOCCNC(=O)CCNC(=O)c5nc(NC(=O)CCNC(=O)c6cc(NC(=O)c7nc(NC(=O)CCNC(=O)c8cc(NC(=O)c9nccn9C)cn8C)cn7C)cn6C)cn5C)CC4)CC3)cc12. The Morgan fingerprint density at radius 2 is 1.13 bits per heavy atom. The lowest BCUT2D eigenvalue weighted by Crippen LogP contribution is -2.44. The average Bonchev–Trinajstić information content (AvgIpc) is 1.63. The van der Waals surface area contributed by atoms with Crippen LogP contribution in [0.15, 0.2) is 96.7 Å². The summed E-state index contributed by atoms with van der Waals surface area (Å²) in [4.78, 5) is 151. The molecule has 11 rings (SSSR count). The Kier molecular flexibility index (Phi) is 29.0. The first-order valence-corrected chi connectivity index (χ1v) is 39.1. The van der Waals surface area contributed by atoms with Crippen molar-refractivity contribution < 1.29 is 66.9 Å². The number of benzene rings is 2. The lowest BCUT2D eigenvalue weighted by Gasteiger charge is -2.30. The van der Waals surface area contributed by atoms with E-state index in [1.54, 1.807) is 111 Å². The highest BCUT2D eigenvalue weighted by Gasteiger charge is 2.28. The third kappa shape index (κ3) is 23.4. The van der Waals surface area contributed by atoms with Gasteiger partial charge in [-0.05, 0) is 137 Å². The Hall–Kier alpha value is -13.0. The molecule has 2 aliphatic rings. The summed E-state index contributed by atoms with van der Waals surface area (Å²) in [7, 11) is 9.68. The first-order chi connectivity index (χ1) is 56.9. The van der Waals surface area contributed by atoms with Gasteiger partial charge < -0.3 is 104 Å². The number of piperidine rings is 2. The Morgan fingerprint density at radius 1 is 0.571 bits per heavy atom. The van der Waals surface area contributed by atoms with Crippen LogP contribution < -0.4 is 58.1 Å². The third-order valence-electron chi connectivity index (χ3n) is 20.2. The van der Waals surface area contributed by atoms with Crippen LogP contribution in [0, 0.1) is 49.3 Å². The number of pyridine rings is 1. The molecule has 11 N–H and O–H groups in total. The standard InChI is InChI=1S/C83H100FN21O14/c1-51-40-55(84)41-52(2)72(51)119-65-16-15-54(83(3,4)116)42-59(65)61-48-103(10)82(115)71-60(61)45-62(93-71)76(109)90-56-22-32-104(33-23-56)29-13-11-12-14-53-20-30-105(31-21-53)35-37-118-39-38-117-36-28-85-68(106)17-24-89-79(112)74-96-66(49-101(74)8)94-69(107)18-25-88-78(111)64-44-58(47-100(64)7)92-81(114)75-97-67(50-102(75)9)95-70(108)19-26-87-77(110)63-43-57(46-99(63)6)91-80(113)73-86-27-34-98(73)5/h15-16,27,34,40-50,53,56,93,116H,17-26,28-33,35-39H2,1-10H3,(H,85,106)(H,87,110)(H,88,111)(H,89,112)(H,90,109)(H,91,113)(H,92,114)(H,94,107)(H,95,108). The number of aliphatic hydroxyl groups is 1. The molecule has 2 saturated heterocycles. The minimum atomic E-state index is -1.21. The van der Waals surface area contributed by atoms with Gasteiger partial charge in [-0.3, -0.25) is 52.8 Å². The zero-order valence-electron chi connectivity index (χ0n) is 68.2. The number of hydrogen-bond donors (Lipinski definition) is 11. The number of halogens is 1. The number of anilines is 4. The number of hydrogen-bond acceptors (Lipinski definition) is 19. The largest absolute Gasteiger partial charge is 0.456 e. The van der Waals surface area contributed by atoms with Gasteiger partial charge in [0.2, 0.25) is 29.4 Å². The van der Waals surface area contributed by atoms with Crippen molar-refractivity contribution in [3.63, 3.8) is 0 Å². The van der Waals surface area contributed by atoms with Crippen molar-refractivity contribution in [3.8, 4) is 46.3 Å². The van der Waals surface area contributed by atoms with Gasteiger partial charge in [0, 0.05) is 179 Å². The molecule has 9 amide bonds. The van der Waals surface area contributed by atoms with Crippen LogP contribution in [0.4, 0.5) is 27.4 Å². The Bertz CT molecular complexity index is 5440. The number of rotatable bonds is 34. The average molecular weight is 1630 g/mol. The molecule has 0 unspecified atom stereocenters. The number of amides is 9. The van der Waals surface area contributed by atoms with Crippen LogP contribution in [0.2, 0.25) is 0 Å². The molecule has 2 fully saturated rings. The van der Waals surface area contributed by atoms with Gasteiger partial charge in [-0.15, -0.1) is 0 Å². The molecular weight excluding hydrogens is 1530 g/mol. The van der Waals surface area contributed by atoms with Crippen molar-refractivity contribution in [2.24, 2.45) is 48.2 Å². The molecule has 9 aromatic rings. The minimum Gasteiger partial charge on any atom is -0.456 e. The predicted octanol–water partition coefficient (Wildman–Crippen LogP) is 5.09. The van der Waals surface area contributed by atoms with Crippen LogP contribution >= 0.6 is 0 Å². The number of aryl methyl sites for hydroxylation is 8. The molecule has 0 saturated carbocycles. The third-order valence-corrected chi connectivity index (χ3v) is 20.2. The number of aromatic nitrogens is 10. The number of likely N-dealkylation sites (tertiary alicyclic amines) is 2. The number of aromatic amines is 1. The molecular formula is C83H100FN21O14. The number of fused-ring (bicyclic) bond motifs is 1. The van der Waals surface area contributed by atoms with Crippen molar-refractivity contribution in [2.45, 2.75) is 84.3 Å². The number of carbonyl (C=O) groups excluding carboxylic acids is 9. The summed E-state index contributed by atoms with van der Waals surface area (Å²) >= 11 is 0. The summed E-state index contributed by atoms with van der Waals surface area (Å²) < 4.78 is 41.1. The van der Waals surface area contributed by atoms with Crippen molar-refractivity contribution in [1.29, 1.82) is 0 Å². The lowest BCUT2D eigenvalue weighted by atomic mass is 9.93. The van der Waals surface area contributed by atoms with Crippen LogP contribution in [0.3, 0.4) is 0 Å². The van der Waals surface area contributed by atoms with Gasteiger partial charge in [-0.2, -0.15) is 0 Å². The fraction of sp³-hybridized carbons (Fsp3) is 0.410. The van der Waals surface area contributed by atoms with Crippen molar-refractivity contribution >= 4 is 87.1 Å². The normalized spacial score (nSPS) is 13.3. The second-order valence-electron chi connectivity index (χ2n) is 29.9. The highest BCUT2D eigenvalue weighted by atomic mass is 19.1. The molecule has 9 heterocycles. The number of H-pyrrole nitrogens is 1. The van der Waals surface area contributed by atoms with Crippen LogP contribution in [0.25, 0.3) is 22.0 Å². The second-order valence-corrected chi connectivity index (χ2v) is 29.9. The van der Waals surface area contributed by atoms with Crippen molar-refractivity contribution in [3.05, 3.63) is 159 Å². The fourth-order valence-corrected chi connectivity index (χ4v) is 13.7. The van der Waals surface area contributed by atoms with E-state index in [1.165, 1.54) is 71.9 Å². The van der Waals surface area contributed by atoms with Crippen LogP contribution in [-0.4, -0.2) is 213 Å². The van der Waals surface area contributed by atoms with Crippen LogP contribution in [0.5, 0.6) is 11.5 Å². The maximum atomic E-state index is 14.3. The van der Waals surface area contributed by atoms with Crippen LogP contribution in [0.1, 0.15) is 139 Å². The van der Waals surface area contributed by atoms with E-state index in [-0.39, 0.29) is 145 Å². The van der Waals surface area contributed by atoms with Gasteiger partial charge in [0.1, 0.15) is 39.9 Å². The van der Waals surface area contributed by atoms with Gasteiger partial charge in [0.05, 0.1) is 49.9 Å². The van der Waals surface area contributed by atoms with E-state index in [1.807, 2.05) is 6.07 Å². The summed E-state index contributed by atoms with van der Waals surface area (Å²) in [6.07, 6.45) is 13.8. The lowest BCUT2D eigenvalue weighted by molar-refractivity contribution is -0.121. The zero-order chi connectivity index (χ0) is 85.2. The molecule has 0 atom stereocenters. The first-order valence-electron chi connectivity index (χ1n) is 39.1. The summed E-state index contributed by atoms with van der Waals surface area (Å²) in [5, 5.41) is 36.1. The van der Waals surface area contributed by atoms with E-state index in [9.17, 15) is 57.4 Å². The monoisotopic (exact) mass is 1630 g/mol. The summed E-state index contributed by atoms with van der Waals surface area (Å²) in [5.74, 6) is 9.50. The summed E-state index contributed by atoms with van der Waals surface area (Å²) in [6, 6.07) is 12.7. The number of ether oxygens (including phenoxy) is 3. The molecule has 36 heteroatoms. The Morgan fingerprint density at radius 3 is 1.72 bits per heavy atom. The number of nitrogens with one attached hydrogen (secondary N) is 10. The van der Waals surface area contributed by atoms with Crippen molar-refractivity contribution in [1.82, 2.24) is 83.7 Å². The molecule has 2 aromatic carbocycles. The second kappa shape index (κ2) is 39.8. The van der Waals surface area contributed by atoms with E-state index < -0.39 is 47.0 Å². The maximum Gasteiger partial charge on any atom is 0.291 e. The van der Waals surface area contributed by atoms with Gasteiger partial charge in [0.25, 0.3) is 41.0 Å². The summed E-state index contributed by atoms with van der Waals surface area (Å²) in [5.41, 5.74) is 2.99. The van der Waals surface area contributed by atoms with E-state index in [2.05, 4.69) is 101 Å². The van der Waals surface area contributed by atoms with Gasteiger partial charge in [-0.25, -0.2) is 19.3 Å². The Balaban J connectivity index is 0.496. The van der Waals surface area contributed by atoms with E-state index in [4.69, 9.17) is 14.2 Å². The molecule has 628 valence electrons. The molecule has 0 aliphatic carbocycles. The number of imidazole rings is 3. The number of carbonyl (C=O) groups is 9. The van der Waals surface area contributed by atoms with Gasteiger partial charge in [-0.1, -0.05) is 17.9 Å². The summed E-state index contributed by atoms with van der Waals surface area (Å²) in [6.45, 7) is 13.3. The molecule has 119 heavy (non-hydrogen) atoms. The number of nitrogens with zero attached hydrogens (tertiary/aromatic N) is 11. The molecule has 0 spiro atoms. The first kappa shape index (κ1) is 86.8. The molecule has 0 radical (unpaired) electrons. The molecule has 2 aliphatic heterocycles. The maximum absolute atomic E-state index is 14.3. The van der Waals surface area contributed by atoms with E-state index in [0.717, 1.165) is 58.4 Å². The van der Waals surface area contributed by atoms with Crippen LogP contribution in [-0.2, 0) is 71.7 Å². The highest BCUT2D eigenvalue weighted by molar-refractivity contribution is 6.06.